The highest BCUT2D eigenvalue weighted by Gasteiger charge is 2.39. The molecule has 116 valence electrons. The molecule has 0 aromatic carbocycles. The molecule has 0 saturated carbocycles. The molecule has 5 nitrogen and oxygen atoms in total. The highest BCUT2D eigenvalue weighted by Crippen LogP contribution is 2.30. The average molecular weight is 302 g/mol. The number of piperidine rings is 1. The molecule has 0 aromatic heterocycles. The molecular weight excluding hydrogens is 276 g/mol. The number of hydrogen-bond donors (Lipinski definition) is 1. The second-order valence-electron chi connectivity index (χ2n) is 6.27. The molecule has 2 aliphatic rings. The number of sulfone groups is 1. The first-order chi connectivity index (χ1) is 9.32. The van der Waals surface area contributed by atoms with Gasteiger partial charge in [-0.05, 0) is 39.0 Å². The maximum absolute atomic E-state index is 12.5. The molecule has 0 radical (unpaired) electrons. The Morgan fingerprint density at radius 2 is 1.85 bits per heavy atom. The van der Waals surface area contributed by atoms with Gasteiger partial charge < -0.3 is 10.2 Å². The zero-order chi connectivity index (χ0) is 14.9. The molecule has 2 aliphatic heterocycles. The summed E-state index contributed by atoms with van der Waals surface area (Å²) in [5, 5.41) is 2.63. The lowest BCUT2D eigenvalue weighted by Gasteiger charge is -2.38. The van der Waals surface area contributed by atoms with Gasteiger partial charge in [-0.25, -0.2) is 8.42 Å². The lowest BCUT2D eigenvalue weighted by molar-refractivity contribution is -0.133. The molecule has 0 spiro atoms. The van der Waals surface area contributed by atoms with Crippen LogP contribution in [0.2, 0.25) is 0 Å². The first kappa shape index (κ1) is 15.8. The lowest BCUT2D eigenvalue weighted by Crippen LogP contribution is -2.53. The zero-order valence-corrected chi connectivity index (χ0v) is 13.4. The third kappa shape index (κ3) is 3.34. The third-order valence-electron chi connectivity index (χ3n) is 4.63. The maximum Gasteiger partial charge on any atom is 0.240 e. The summed E-state index contributed by atoms with van der Waals surface area (Å²) < 4.78 is 23.3. The summed E-state index contributed by atoms with van der Waals surface area (Å²) in [6.07, 6.45) is 6.28. The van der Waals surface area contributed by atoms with Crippen LogP contribution in [-0.2, 0) is 14.6 Å². The van der Waals surface area contributed by atoms with Gasteiger partial charge in [0, 0.05) is 30.9 Å². The van der Waals surface area contributed by atoms with Gasteiger partial charge in [-0.3, -0.25) is 4.79 Å². The van der Waals surface area contributed by atoms with E-state index in [1.807, 2.05) is 11.8 Å². The van der Waals surface area contributed by atoms with Gasteiger partial charge in [0.25, 0.3) is 0 Å². The van der Waals surface area contributed by atoms with E-state index in [0.717, 1.165) is 25.5 Å². The first-order valence-electron chi connectivity index (χ1n) is 7.58. The quantitative estimate of drug-likeness (QED) is 0.821. The van der Waals surface area contributed by atoms with E-state index in [2.05, 4.69) is 5.32 Å². The van der Waals surface area contributed by atoms with Crippen LogP contribution < -0.4 is 5.32 Å². The third-order valence-corrected chi connectivity index (χ3v) is 6.11. The molecule has 2 bridgehead atoms. The Labute approximate surface area is 122 Å². The predicted molar refractivity (Wildman–Crippen MR) is 79.3 cm³/mol. The van der Waals surface area contributed by atoms with Crippen LogP contribution in [0.3, 0.4) is 0 Å². The van der Waals surface area contributed by atoms with Crippen LogP contribution in [-0.4, -0.2) is 55.4 Å². The number of rotatable bonds is 5. The highest BCUT2D eigenvalue weighted by molar-refractivity contribution is 7.92. The van der Waals surface area contributed by atoms with Crippen molar-refractivity contribution in [2.24, 2.45) is 0 Å². The van der Waals surface area contributed by atoms with Gasteiger partial charge in [0.2, 0.25) is 5.91 Å². The van der Waals surface area contributed by atoms with Crippen molar-refractivity contribution < 1.29 is 13.2 Å². The van der Waals surface area contributed by atoms with Crippen molar-refractivity contribution in [1.82, 2.24) is 10.2 Å². The number of hydrogen-bond acceptors (Lipinski definition) is 4. The molecule has 1 N–H and O–H groups in total. The standard InChI is InChI=1S/C14H26N2O3S/c1-4-7-16(14(17)10(2)20(3,18)19)13-8-11-5-6-12(9-13)15-11/h10-13,15H,4-9H2,1-3H3. The molecule has 3 unspecified atom stereocenters. The molecule has 20 heavy (non-hydrogen) atoms. The summed E-state index contributed by atoms with van der Waals surface area (Å²) in [6, 6.07) is 1.20. The van der Waals surface area contributed by atoms with Crippen LogP contribution in [0, 0.1) is 0 Å². The Kier molecular flexibility index (Phi) is 4.74. The van der Waals surface area contributed by atoms with E-state index >= 15 is 0 Å². The SMILES string of the molecule is CCCN(C(=O)C(C)S(C)(=O)=O)C1CC2CCC(C1)N2. The van der Waals surface area contributed by atoms with Gasteiger partial charge in [0.15, 0.2) is 9.84 Å². The predicted octanol–water partition coefficient (Wildman–Crippen LogP) is 0.941. The van der Waals surface area contributed by atoms with Gasteiger partial charge in [-0.15, -0.1) is 0 Å². The van der Waals surface area contributed by atoms with Crippen molar-refractivity contribution in [2.75, 3.05) is 12.8 Å². The summed E-state index contributed by atoms with van der Waals surface area (Å²) in [6.45, 7) is 4.19. The van der Waals surface area contributed by atoms with Crippen LogP contribution in [0.1, 0.15) is 46.0 Å². The minimum absolute atomic E-state index is 0.199. The average Bonchev–Trinajstić information content (AvgIpc) is 2.72. The first-order valence-corrected chi connectivity index (χ1v) is 9.53. The Morgan fingerprint density at radius 1 is 1.30 bits per heavy atom. The number of amides is 1. The largest absolute Gasteiger partial charge is 0.338 e. The normalized spacial score (nSPS) is 31.1. The zero-order valence-electron chi connectivity index (χ0n) is 12.6. The van der Waals surface area contributed by atoms with E-state index in [9.17, 15) is 13.2 Å². The summed E-state index contributed by atoms with van der Waals surface area (Å²) >= 11 is 0. The number of nitrogens with zero attached hydrogens (tertiary/aromatic N) is 1. The number of fused-ring (bicyclic) bond motifs is 2. The summed E-state index contributed by atoms with van der Waals surface area (Å²) in [5.74, 6) is -0.222. The highest BCUT2D eigenvalue weighted by atomic mass is 32.2. The molecule has 1 amide bonds. The van der Waals surface area contributed by atoms with Gasteiger partial charge >= 0.3 is 0 Å². The van der Waals surface area contributed by atoms with Crippen LogP contribution in [0.4, 0.5) is 0 Å². The van der Waals surface area contributed by atoms with Crippen molar-refractivity contribution in [3.8, 4) is 0 Å². The van der Waals surface area contributed by atoms with E-state index in [0.29, 0.717) is 18.6 Å². The van der Waals surface area contributed by atoms with Crippen LogP contribution in [0.5, 0.6) is 0 Å². The van der Waals surface area contributed by atoms with Crippen LogP contribution in [0.25, 0.3) is 0 Å². The van der Waals surface area contributed by atoms with E-state index in [1.165, 1.54) is 19.8 Å². The van der Waals surface area contributed by atoms with Crippen molar-refractivity contribution in [3.05, 3.63) is 0 Å². The maximum atomic E-state index is 12.5. The minimum Gasteiger partial charge on any atom is -0.338 e. The molecule has 6 heteroatoms. The summed E-state index contributed by atoms with van der Waals surface area (Å²) in [5.41, 5.74) is 0. The molecule has 2 heterocycles. The summed E-state index contributed by atoms with van der Waals surface area (Å²) in [7, 11) is -3.32. The van der Waals surface area contributed by atoms with Crippen molar-refractivity contribution in [1.29, 1.82) is 0 Å². The van der Waals surface area contributed by atoms with Crippen LogP contribution >= 0.6 is 0 Å². The monoisotopic (exact) mass is 302 g/mol. The van der Waals surface area contributed by atoms with Crippen molar-refractivity contribution in [3.63, 3.8) is 0 Å². The van der Waals surface area contributed by atoms with Crippen molar-refractivity contribution >= 4 is 15.7 Å². The second kappa shape index (κ2) is 6.02. The van der Waals surface area contributed by atoms with E-state index in [-0.39, 0.29) is 11.9 Å². The minimum atomic E-state index is -3.32. The lowest BCUT2D eigenvalue weighted by atomic mass is 9.97. The van der Waals surface area contributed by atoms with Gasteiger partial charge in [0.05, 0.1) is 0 Å². The molecule has 2 saturated heterocycles. The Bertz CT molecular complexity index is 451. The number of carbonyl (C=O) groups excluding carboxylic acids is 1. The van der Waals surface area contributed by atoms with Gasteiger partial charge in [-0.2, -0.15) is 0 Å². The number of carbonyl (C=O) groups is 1. The Morgan fingerprint density at radius 3 is 2.30 bits per heavy atom. The van der Waals surface area contributed by atoms with E-state index < -0.39 is 15.1 Å². The Hall–Kier alpha value is -0.620. The molecular formula is C14H26N2O3S. The smallest absolute Gasteiger partial charge is 0.240 e. The van der Waals surface area contributed by atoms with Gasteiger partial charge in [0.1, 0.15) is 5.25 Å². The fourth-order valence-electron chi connectivity index (χ4n) is 3.41. The second-order valence-corrected chi connectivity index (χ2v) is 8.63. The van der Waals surface area contributed by atoms with Crippen molar-refractivity contribution in [2.45, 2.75) is 69.3 Å². The molecule has 2 rings (SSSR count). The fourth-order valence-corrected chi connectivity index (χ4v) is 3.91. The molecule has 0 aliphatic carbocycles. The summed E-state index contributed by atoms with van der Waals surface area (Å²) in [4.78, 5) is 14.4. The Balaban J connectivity index is 2.12. The molecule has 2 fully saturated rings. The molecule has 0 aromatic rings. The van der Waals surface area contributed by atoms with Crippen LogP contribution in [0.15, 0.2) is 0 Å². The van der Waals surface area contributed by atoms with Gasteiger partial charge in [-0.1, -0.05) is 6.92 Å². The topological polar surface area (TPSA) is 66.5 Å². The van der Waals surface area contributed by atoms with E-state index in [1.54, 1.807) is 0 Å². The molecule has 3 atom stereocenters. The fraction of sp³-hybridized carbons (Fsp3) is 0.929. The number of nitrogens with one attached hydrogen (secondary N) is 1. The van der Waals surface area contributed by atoms with E-state index in [4.69, 9.17) is 0 Å².